The number of anilines is 1. The lowest BCUT2D eigenvalue weighted by molar-refractivity contribution is 0.197. The first-order chi connectivity index (χ1) is 10.8. The Morgan fingerprint density at radius 3 is 2.70 bits per heavy atom. The Bertz CT molecular complexity index is 706. The van der Waals surface area contributed by atoms with Crippen LogP contribution in [0.4, 0.5) is 10.5 Å². The van der Waals surface area contributed by atoms with Gasteiger partial charge in [0.15, 0.2) is 9.84 Å². The van der Waals surface area contributed by atoms with E-state index in [2.05, 4.69) is 5.32 Å². The maximum atomic E-state index is 12.5. The SMILES string of the molecule is CCN(C(=O)Nc1cc(C)c(Cl)cc1OC)C1CCS(=O)(=O)C1. The maximum Gasteiger partial charge on any atom is 0.322 e. The van der Waals surface area contributed by atoms with Crippen LogP contribution in [0.5, 0.6) is 5.75 Å². The summed E-state index contributed by atoms with van der Waals surface area (Å²) < 4.78 is 28.5. The van der Waals surface area contributed by atoms with E-state index in [0.29, 0.717) is 29.4 Å². The van der Waals surface area contributed by atoms with Crippen LogP contribution in [0.2, 0.25) is 5.02 Å². The van der Waals surface area contributed by atoms with Crippen molar-refractivity contribution in [3.05, 3.63) is 22.7 Å². The van der Waals surface area contributed by atoms with Gasteiger partial charge in [-0.15, -0.1) is 0 Å². The molecule has 1 unspecified atom stereocenters. The number of benzene rings is 1. The molecule has 128 valence electrons. The molecule has 0 aliphatic carbocycles. The van der Waals surface area contributed by atoms with E-state index >= 15 is 0 Å². The quantitative estimate of drug-likeness (QED) is 0.895. The fourth-order valence-corrected chi connectivity index (χ4v) is 4.59. The van der Waals surface area contributed by atoms with Gasteiger partial charge in [0.25, 0.3) is 0 Å². The predicted octanol–water partition coefficient (Wildman–Crippen LogP) is 2.70. The van der Waals surface area contributed by atoms with Gasteiger partial charge in [0.1, 0.15) is 5.75 Å². The highest BCUT2D eigenvalue weighted by Crippen LogP contribution is 2.31. The average Bonchev–Trinajstić information content (AvgIpc) is 2.83. The summed E-state index contributed by atoms with van der Waals surface area (Å²) in [7, 11) is -1.55. The van der Waals surface area contributed by atoms with Gasteiger partial charge in [-0.3, -0.25) is 0 Å². The van der Waals surface area contributed by atoms with Gasteiger partial charge in [-0.1, -0.05) is 11.6 Å². The van der Waals surface area contributed by atoms with Gasteiger partial charge < -0.3 is 15.0 Å². The molecule has 1 aliphatic heterocycles. The first kappa shape index (κ1) is 17.9. The zero-order valence-corrected chi connectivity index (χ0v) is 15.0. The molecule has 1 aliphatic rings. The van der Waals surface area contributed by atoms with Gasteiger partial charge in [-0.2, -0.15) is 0 Å². The van der Waals surface area contributed by atoms with Crippen LogP contribution in [-0.2, 0) is 9.84 Å². The number of sulfone groups is 1. The Kier molecular flexibility index (Phi) is 5.41. The van der Waals surface area contributed by atoms with Crippen molar-refractivity contribution < 1.29 is 17.9 Å². The van der Waals surface area contributed by atoms with Crippen LogP contribution in [0, 0.1) is 6.92 Å². The molecule has 6 nitrogen and oxygen atoms in total. The molecule has 1 fully saturated rings. The number of nitrogens with one attached hydrogen (secondary N) is 1. The van der Waals surface area contributed by atoms with Crippen molar-refractivity contribution in [1.29, 1.82) is 0 Å². The zero-order valence-electron chi connectivity index (χ0n) is 13.4. The largest absolute Gasteiger partial charge is 0.495 e. The predicted molar refractivity (Wildman–Crippen MR) is 91.2 cm³/mol. The van der Waals surface area contributed by atoms with Crippen LogP contribution < -0.4 is 10.1 Å². The van der Waals surface area contributed by atoms with E-state index in [0.717, 1.165) is 5.56 Å². The molecule has 0 saturated carbocycles. The molecule has 1 aromatic rings. The Balaban J connectivity index is 2.19. The summed E-state index contributed by atoms with van der Waals surface area (Å²) in [6, 6.07) is 2.75. The number of hydrogen-bond acceptors (Lipinski definition) is 4. The highest BCUT2D eigenvalue weighted by Gasteiger charge is 2.34. The van der Waals surface area contributed by atoms with Crippen molar-refractivity contribution in [2.24, 2.45) is 0 Å². The average molecular weight is 361 g/mol. The molecule has 0 aromatic heterocycles. The third kappa shape index (κ3) is 4.09. The molecule has 23 heavy (non-hydrogen) atoms. The lowest BCUT2D eigenvalue weighted by Gasteiger charge is -2.27. The fraction of sp³-hybridized carbons (Fsp3) is 0.533. The second-order valence-corrected chi connectivity index (χ2v) is 8.21. The van der Waals surface area contributed by atoms with Crippen LogP contribution >= 0.6 is 11.6 Å². The maximum absolute atomic E-state index is 12.5. The minimum atomic E-state index is -3.05. The monoisotopic (exact) mass is 360 g/mol. The molecule has 1 atom stereocenters. The number of carbonyl (C=O) groups excluding carboxylic acids is 1. The Morgan fingerprint density at radius 1 is 1.48 bits per heavy atom. The van der Waals surface area contributed by atoms with Crippen LogP contribution in [0.3, 0.4) is 0 Å². The minimum absolute atomic E-state index is 0.0189. The molecule has 1 N–H and O–H groups in total. The smallest absolute Gasteiger partial charge is 0.322 e. The third-order valence-electron chi connectivity index (χ3n) is 3.97. The second kappa shape index (κ2) is 6.97. The van der Waals surface area contributed by atoms with Crippen molar-refractivity contribution in [1.82, 2.24) is 4.90 Å². The topological polar surface area (TPSA) is 75.7 Å². The van der Waals surface area contributed by atoms with Crippen LogP contribution in [0.1, 0.15) is 18.9 Å². The number of nitrogens with zero attached hydrogens (tertiary/aromatic N) is 1. The van der Waals surface area contributed by atoms with Gasteiger partial charge in [-0.05, 0) is 31.9 Å². The normalized spacial score (nSPS) is 19.4. The lowest BCUT2D eigenvalue weighted by Crippen LogP contribution is -2.43. The zero-order chi connectivity index (χ0) is 17.2. The van der Waals surface area contributed by atoms with E-state index < -0.39 is 9.84 Å². The van der Waals surface area contributed by atoms with E-state index in [9.17, 15) is 13.2 Å². The van der Waals surface area contributed by atoms with Gasteiger partial charge in [0, 0.05) is 23.7 Å². The Hall–Kier alpha value is -1.47. The van der Waals surface area contributed by atoms with E-state index in [4.69, 9.17) is 16.3 Å². The third-order valence-corrected chi connectivity index (χ3v) is 6.13. The van der Waals surface area contributed by atoms with Crippen molar-refractivity contribution >= 4 is 33.2 Å². The molecule has 2 amide bonds. The first-order valence-corrected chi connectivity index (χ1v) is 9.59. The van der Waals surface area contributed by atoms with E-state index in [1.165, 1.54) is 7.11 Å². The molecule has 0 bridgehead atoms. The van der Waals surface area contributed by atoms with E-state index in [1.54, 1.807) is 17.0 Å². The van der Waals surface area contributed by atoms with Crippen LogP contribution in [0.25, 0.3) is 0 Å². The molecule has 1 saturated heterocycles. The van der Waals surface area contributed by atoms with E-state index in [1.807, 2.05) is 13.8 Å². The van der Waals surface area contributed by atoms with Crippen LogP contribution in [-0.4, -0.2) is 50.6 Å². The number of methoxy groups -OCH3 is 1. The van der Waals surface area contributed by atoms with Gasteiger partial charge >= 0.3 is 6.03 Å². The Labute approximate surface area is 141 Å². The lowest BCUT2D eigenvalue weighted by atomic mass is 10.2. The molecule has 1 heterocycles. The highest BCUT2D eigenvalue weighted by molar-refractivity contribution is 7.91. The number of amides is 2. The number of ether oxygens (including phenoxy) is 1. The molecular formula is C15H21ClN2O4S. The standard InChI is InChI=1S/C15H21ClN2O4S/c1-4-18(11-5-6-23(20,21)9-11)15(19)17-13-7-10(2)12(16)8-14(13)22-3/h7-8,11H,4-6,9H2,1-3H3,(H,17,19). The summed E-state index contributed by atoms with van der Waals surface area (Å²) in [5, 5.41) is 3.34. The summed E-state index contributed by atoms with van der Waals surface area (Å²) in [4.78, 5) is 14.1. The number of rotatable bonds is 4. The minimum Gasteiger partial charge on any atom is -0.495 e. The fourth-order valence-electron chi connectivity index (χ4n) is 2.71. The van der Waals surface area contributed by atoms with Crippen molar-refractivity contribution in [3.8, 4) is 5.75 Å². The summed E-state index contributed by atoms with van der Waals surface area (Å²) in [5.41, 5.74) is 1.33. The Morgan fingerprint density at radius 2 is 2.17 bits per heavy atom. The number of hydrogen-bond donors (Lipinski definition) is 1. The number of halogens is 1. The molecule has 0 radical (unpaired) electrons. The van der Waals surface area contributed by atoms with Crippen molar-refractivity contribution in [3.63, 3.8) is 0 Å². The van der Waals surface area contributed by atoms with Gasteiger partial charge in [0.05, 0.1) is 24.3 Å². The molecule has 0 spiro atoms. The molecule has 8 heteroatoms. The second-order valence-electron chi connectivity index (χ2n) is 5.57. The van der Waals surface area contributed by atoms with Crippen molar-refractivity contribution in [2.75, 3.05) is 30.5 Å². The summed E-state index contributed by atoms with van der Waals surface area (Å²) >= 11 is 6.06. The highest BCUT2D eigenvalue weighted by atomic mass is 35.5. The summed E-state index contributed by atoms with van der Waals surface area (Å²) in [5.74, 6) is 0.611. The van der Waals surface area contributed by atoms with Crippen LogP contribution in [0.15, 0.2) is 12.1 Å². The summed E-state index contributed by atoms with van der Waals surface area (Å²) in [6.45, 7) is 4.09. The summed E-state index contributed by atoms with van der Waals surface area (Å²) in [6.07, 6.45) is 0.473. The van der Waals surface area contributed by atoms with Gasteiger partial charge in [-0.25, -0.2) is 13.2 Å². The molecule has 1 aromatic carbocycles. The number of aryl methyl sites for hydroxylation is 1. The van der Waals surface area contributed by atoms with Gasteiger partial charge in [0.2, 0.25) is 0 Å². The van der Waals surface area contributed by atoms with Crippen molar-refractivity contribution in [2.45, 2.75) is 26.3 Å². The molecule has 2 rings (SSSR count). The first-order valence-electron chi connectivity index (χ1n) is 7.39. The number of urea groups is 1. The van der Waals surface area contributed by atoms with E-state index in [-0.39, 0.29) is 23.6 Å². The number of carbonyl (C=O) groups is 1. The molecular weight excluding hydrogens is 340 g/mol.